The summed E-state index contributed by atoms with van der Waals surface area (Å²) in [4.78, 5) is 13.7. The van der Waals surface area contributed by atoms with Crippen LogP contribution in [0, 0.1) is 0 Å². The molecule has 7 heteroatoms. The van der Waals surface area contributed by atoms with Gasteiger partial charge in [-0.2, -0.15) is 13.2 Å². The predicted molar refractivity (Wildman–Crippen MR) is 76.5 cm³/mol. The standard InChI is InChI=1S/C13H10Br2F3NO/c14-9-1-2-10(11(15)7-9)12(20)19-5-3-8(4-6-19)13(16,17)18/h1-3,7H,4-6H2. The van der Waals surface area contributed by atoms with Gasteiger partial charge in [-0.3, -0.25) is 4.79 Å². The maximum absolute atomic E-state index is 12.5. The van der Waals surface area contributed by atoms with Crippen molar-refractivity contribution < 1.29 is 18.0 Å². The molecule has 0 spiro atoms. The SMILES string of the molecule is O=C(c1ccc(Br)cc1Br)N1CC=C(C(F)(F)F)CC1. The van der Waals surface area contributed by atoms with Gasteiger partial charge in [0.2, 0.25) is 0 Å². The van der Waals surface area contributed by atoms with E-state index in [4.69, 9.17) is 0 Å². The van der Waals surface area contributed by atoms with Crippen molar-refractivity contribution >= 4 is 37.8 Å². The van der Waals surface area contributed by atoms with Gasteiger partial charge in [0.15, 0.2) is 0 Å². The summed E-state index contributed by atoms with van der Waals surface area (Å²) in [5.41, 5.74) is -0.117. The summed E-state index contributed by atoms with van der Waals surface area (Å²) in [5, 5.41) is 0. The molecule has 1 amide bonds. The molecule has 2 nitrogen and oxygen atoms in total. The third-order valence-corrected chi connectivity index (χ3v) is 4.17. The number of alkyl halides is 3. The Labute approximate surface area is 130 Å². The van der Waals surface area contributed by atoms with E-state index in [0.29, 0.717) is 10.0 Å². The highest BCUT2D eigenvalue weighted by molar-refractivity contribution is 9.11. The van der Waals surface area contributed by atoms with Crippen LogP contribution in [0.4, 0.5) is 13.2 Å². The first-order chi connectivity index (χ1) is 9.29. The summed E-state index contributed by atoms with van der Waals surface area (Å²) in [5.74, 6) is -0.276. The smallest absolute Gasteiger partial charge is 0.335 e. The fourth-order valence-electron chi connectivity index (χ4n) is 1.94. The lowest BCUT2D eigenvalue weighted by molar-refractivity contribution is -0.0957. The lowest BCUT2D eigenvalue weighted by Crippen LogP contribution is -2.36. The Balaban J connectivity index is 2.14. The van der Waals surface area contributed by atoms with Gasteiger partial charge < -0.3 is 4.90 Å². The highest BCUT2D eigenvalue weighted by Crippen LogP contribution is 2.31. The molecule has 1 aliphatic rings. The minimum Gasteiger partial charge on any atom is -0.335 e. The average molecular weight is 413 g/mol. The second-order valence-corrected chi connectivity index (χ2v) is 6.12. The van der Waals surface area contributed by atoms with Crippen LogP contribution >= 0.6 is 31.9 Å². The molecule has 1 aliphatic heterocycles. The Morgan fingerprint density at radius 1 is 1.25 bits per heavy atom. The normalized spacial score (nSPS) is 16.1. The van der Waals surface area contributed by atoms with E-state index in [0.717, 1.165) is 10.5 Å². The second-order valence-electron chi connectivity index (χ2n) is 4.35. The van der Waals surface area contributed by atoms with Gasteiger partial charge >= 0.3 is 6.18 Å². The van der Waals surface area contributed by atoms with Gasteiger partial charge in [0.1, 0.15) is 0 Å². The molecule has 0 bridgehead atoms. The van der Waals surface area contributed by atoms with Gasteiger partial charge in [-0.25, -0.2) is 0 Å². The lowest BCUT2D eigenvalue weighted by atomic mass is 10.1. The Bertz CT molecular complexity index is 569. The van der Waals surface area contributed by atoms with Gasteiger partial charge in [0.05, 0.1) is 5.56 Å². The van der Waals surface area contributed by atoms with Crippen molar-refractivity contribution in [3.8, 4) is 0 Å². The first-order valence-corrected chi connectivity index (χ1v) is 7.38. The van der Waals surface area contributed by atoms with E-state index >= 15 is 0 Å². The van der Waals surface area contributed by atoms with Crippen molar-refractivity contribution in [3.63, 3.8) is 0 Å². The summed E-state index contributed by atoms with van der Waals surface area (Å²) < 4.78 is 39.0. The number of halogens is 5. The van der Waals surface area contributed by atoms with E-state index in [2.05, 4.69) is 31.9 Å². The van der Waals surface area contributed by atoms with Crippen LogP contribution in [0.1, 0.15) is 16.8 Å². The van der Waals surface area contributed by atoms with Crippen LogP contribution in [0.15, 0.2) is 38.8 Å². The van der Waals surface area contributed by atoms with Crippen LogP contribution in [-0.4, -0.2) is 30.1 Å². The Morgan fingerprint density at radius 3 is 2.45 bits per heavy atom. The van der Waals surface area contributed by atoms with Crippen molar-refractivity contribution in [2.45, 2.75) is 12.6 Å². The summed E-state index contributed by atoms with van der Waals surface area (Å²) in [6, 6.07) is 5.09. The van der Waals surface area contributed by atoms with Crippen LogP contribution in [0.2, 0.25) is 0 Å². The highest BCUT2D eigenvalue weighted by Gasteiger charge is 2.35. The van der Waals surface area contributed by atoms with E-state index in [-0.39, 0.29) is 25.4 Å². The Hall–Kier alpha value is -0.820. The Kier molecular flexibility index (Phi) is 4.59. The van der Waals surface area contributed by atoms with E-state index in [1.165, 1.54) is 4.90 Å². The monoisotopic (exact) mass is 411 g/mol. The van der Waals surface area contributed by atoms with Gasteiger partial charge in [0, 0.05) is 27.6 Å². The molecule has 0 radical (unpaired) electrons. The van der Waals surface area contributed by atoms with Gasteiger partial charge in [-0.15, -0.1) is 0 Å². The fourth-order valence-corrected chi connectivity index (χ4v) is 3.16. The highest BCUT2D eigenvalue weighted by atomic mass is 79.9. The van der Waals surface area contributed by atoms with Crippen LogP contribution in [0.5, 0.6) is 0 Å². The van der Waals surface area contributed by atoms with Crippen molar-refractivity contribution in [2.75, 3.05) is 13.1 Å². The number of benzene rings is 1. The van der Waals surface area contributed by atoms with E-state index in [9.17, 15) is 18.0 Å². The van der Waals surface area contributed by atoms with Gasteiger partial charge in [0.25, 0.3) is 5.91 Å². The number of hydrogen-bond acceptors (Lipinski definition) is 1. The molecule has 1 aromatic rings. The average Bonchev–Trinajstić information content (AvgIpc) is 2.37. The van der Waals surface area contributed by atoms with Crippen molar-refractivity contribution in [1.29, 1.82) is 0 Å². The van der Waals surface area contributed by atoms with Crippen molar-refractivity contribution in [2.24, 2.45) is 0 Å². The van der Waals surface area contributed by atoms with Gasteiger partial charge in [-0.1, -0.05) is 22.0 Å². The Morgan fingerprint density at radius 2 is 1.95 bits per heavy atom. The maximum Gasteiger partial charge on any atom is 0.412 e. The predicted octanol–water partition coefficient (Wildman–Crippen LogP) is 4.55. The maximum atomic E-state index is 12.5. The molecule has 0 aliphatic carbocycles. The molecule has 108 valence electrons. The summed E-state index contributed by atoms with van der Waals surface area (Å²) in [7, 11) is 0. The molecular weight excluding hydrogens is 403 g/mol. The molecule has 20 heavy (non-hydrogen) atoms. The van der Waals surface area contributed by atoms with Crippen LogP contribution in [-0.2, 0) is 0 Å². The molecule has 2 rings (SSSR count). The minimum atomic E-state index is -4.30. The number of carbonyl (C=O) groups is 1. The molecule has 0 aromatic heterocycles. The van der Waals surface area contributed by atoms with Gasteiger partial charge in [-0.05, 0) is 40.5 Å². The fraction of sp³-hybridized carbons (Fsp3) is 0.308. The summed E-state index contributed by atoms with van der Waals surface area (Å²) in [6.07, 6.45) is -3.38. The summed E-state index contributed by atoms with van der Waals surface area (Å²) in [6.45, 7) is 0.0584. The largest absolute Gasteiger partial charge is 0.412 e. The molecular formula is C13H10Br2F3NO. The third-order valence-electron chi connectivity index (χ3n) is 3.02. The molecule has 0 N–H and O–H groups in total. The molecule has 1 aromatic carbocycles. The van der Waals surface area contributed by atoms with Crippen LogP contribution in [0.3, 0.4) is 0 Å². The van der Waals surface area contributed by atoms with Crippen molar-refractivity contribution in [3.05, 3.63) is 44.4 Å². The zero-order valence-electron chi connectivity index (χ0n) is 10.2. The first kappa shape index (κ1) is 15.6. The number of hydrogen-bond donors (Lipinski definition) is 0. The number of rotatable bonds is 1. The minimum absolute atomic E-state index is 0.0177. The second kappa shape index (κ2) is 5.89. The number of nitrogens with zero attached hydrogens (tertiary/aromatic N) is 1. The molecule has 0 unspecified atom stereocenters. The summed E-state index contributed by atoms with van der Waals surface area (Å²) >= 11 is 6.57. The van der Waals surface area contributed by atoms with E-state index in [1.807, 2.05) is 0 Å². The zero-order valence-corrected chi connectivity index (χ0v) is 13.3. The first-order valence-electron chi connectivity index (χ1n) is 5.79. The number of carbonyl (C=O) groups excluding carboxylic acids is 1. The van der Waals surface area contributed by atoms with Crippen LogP contribution in [0.25, 0.3) is 0 Å². The molecule has 0 fully saturated rings. The topological polar surface area (TPSA) is 20.3 Å². The number of amides is 1. The van der Waals surface area contributed by atoms with Crippen molar-refractivity contribution in [1.82, 2.24) is 4.90 Å². The van der Waals surface area contributed by atoms with E-state index in [1.54, 1.807) is 18.2 Å². The lowest BCUT2D eigenvalue weighted by Gasteiger charge is -2.27. The van der Waals surface area contributed by atoms with Crippen LogP contribution < -0.4 is 0 Å². The quantitative estimate of drug-likeness (QED) is 0.620. The molecule has 1 heterocycles. The van der Waals surface area contributed by atoms with E-state index < -0.39 is 11.7 Å². The molecule has 0 atom stereocenters. The third kappa shape index (κ3) is 3.44. The molecule has 0 saturated carbocycles. The zero-order chi connectivity index (χ0) is 14.9. The molecule has 0 saturated heterocycles.